The molecule has 1 unspecified atom stereocenters. The van der Waals surface area contributed by atoms with Crippen LogP contribution < -0.4 is 5.19 Å². The van der Waals surface area contributed by atoms with Gasteiger partial charge in [0.05, 0.1) is 8.80 Å². The quantitative estimate of drug-likeness (QED) is 0.519. The summed E-state index contributed by atoms with van der Waals surface area (Å²) in [5.41, 5.74) is 0. The Labute approximate surface area is 100 Å². The smallest absolute Gasteiger partial charge is 0.0777 e. The largest absolute Gasteiger partial charge is 0.165 e. The van der Waals surface area contributed by atoms with Gasteiger partial charge < -0.3 is 0 Å². The number of hydrogen-bond acceptors (Lipinski definition) is 1. The van der Waals surface area contributed by atoms with E-state index in [2.05, 4.69) is 55.6 Å². The topological polar surface area (TPSA) is 0 Å². The predicted molar refractivity (Wildman–Crippen MR) is 75.9 cm³/mol. The fraction of sp³-hybridized carbons (Fsp3) is 0.538. The molecule has 0 aromatic heterocycles. The van der Waals surface area contributed by atoms with Crippen LogP contribution in [0.15, 0.2) is 30.3 Å². The molecule has 0 fully saturated rings. The van der Waals surface area contributed by atoms with Gasteiger partial charge in [0.1, 0.15) is 0 Å². The van der Waals surface area contributed by atoms with Crippen LogP contribution in [0.3, 0.4) is 0 Å². The van der Waals surface area contributed by atoms with Gasteiger partial charge in [-0.1, -0.05) is 61.8 Å². The van der Waals surface area contributed by atoms with Crippen molar-refractivity contribution in [1.82, 2.24) is 0 Å². The zero-order chi connectivity index (χ0) is 10.9. The summed E-state index contributed by atoms with van der Waals surface area (Å²) in [6.07, 6.45) is 4.14. The molecule has 0 aliphatic heterocycles. The maximum absolute atomic E-state index is 2.46. The standard InChI is InChI=1S/C13H22SSi/c1-3-4-8-11-14-12-15(2)13-9-6-5-7-10-13/h5-7,9-10,15H,3-4,8,11-12H2,1-2H3. The maximum Gasteiger partial charge on any atom is 0.0777 e. The zero-order valence-electron chi connectivity index (χ0n) is 9.91. The lowest BCUT2D eigenvalue weighted by Gasteiger charge is -2.09. The minimum Gasteiger partial charge on any atom is -0.165 e. The molecule has 1 rings (SSSR count). The van der Waals surface area contributed by atoms with Crippen molar-refractivity contribution in [3.63, 3.8) is 0 Å². The highest BCUT2D eigenvalue weighted by atomic mass is 32.2. The van der Waals surface area contributed by atoms with Gasteiger partial charge in [-0.3, -0.25) is 0 Å². The molecule has 0 radical (unpaired) electrons. The van der Waals surface area contributed by atoms with Gasteiger partial charge in [0.25, 0.3) is 0 Å². The Kier molecular flexibility index (Phi) is 6.86. The number of thioether (sulfide) groups is 1. The van der Waals surface area contributed by atoms with E-state index in [1.54, 1.807) is 5.19 Å². The van der Waals surface area contributed by atoms with Gasteiger partial charge in [0, 0.05) is 0 Å². The lowest BCUT2D eigenvalue weighted by Crippen LogP contribution is -2.29. The molecule has 1 atom stereocenters. The summed E-state index contributed by atoms with van der Waals surface area (Å²) >= 11 is 2.16. The van der Waals surface area contributed by atoms with Crippen molar-refractivity contribution >= 4 is 25.7 Å². The second-order valence-corrected chi connectivity index (χ2v) is 8.71. The third-order valence-corrected chi connectivity index (χ3v) is 7.67. The molecular formula is C13H22SSi. The van der Waals surface area contributed by atoms with Gasteiger partial charge in [-0.05, 0) is 17.5 Å². The van der Waals surface area contributed by atoms with Crippen molar-refractivity contribution in [3.05, 3.63) is 30.3 Å². The first-order chi connectivity index (χ1) is 7.34. The zero-order valence-corrected chi connectivity index (χ0v) is 11.9. The van der Waals surface area contributed by atoms with E-state index < -0.39 is 8.80 Å². The van der Waals surface area contributed by atoms with Crippen LogP contribution >= 0.6 is 11.8 Å². The highest BCUT2D eigenvalue weighted by molar-refractivity contribution is 8.00. The van der Waals surface area contributed by atoms with E-state index in [1.165, 1.54) is 30.4 Å². The van der Waals surface area contributed by atoms with Gasteiger partial charge in [0.15, 0.2) is 0 Å². The molecular weight excluding hydrogens is 216 g/mol. The van der Waals surface area contributed by atoms with Gasteiger partial charge >= 0.3 is 0 Å². The molecule has 84 valence electrons. The van der Waals surface area contributed by atoms with Crippen LogP contribution in [0.2, 0.25) is 6.55 Å². The van der Waals surface area contributed by atoms with Crippen LogP contribution in [0.4, 0.5) is 0 Å². The van der Waals surface area contributed by atoms with Crippen LogP contribution in [-0.2, 0) is 0 Å². The summed E-state index contributed by atoms with van der Waals surface area (Å²) in [5.74, 6) is 1.36. The van der Waals surface area contributed by atoms with Crippen LogP contribution in [0.25, 0.3) is 0 Å². The first-order valence-corrected chi connectivity index (χ1v) is 9.67. The Balaban J connectivity index is 2.16. The lowest BCUT2D eigenvalue weighted by atomic mass is 10.3. The van der Waals surface area contributed by atoms with E-state index in [4.69, 9.17) is 0 Å². The van der Waals surface area contributed by atoms with E-state index >= 15 is 0 Å². The first kappa shape index (κ1) is 12.9. The summed E-state index contributed by atoms with van der Waals surface area (Å²) in [6.45, 7) is 4.73. The van der Waals surface area contributed by atoms with Gasteiger partial charge in [0.2, 0.25) is 0 Å². The second kappa shape index (κ2) is 8.00. The summed E-state index contributed by atoms with van der Waals surface area (Å²) < 4.78 is 0. The number of unbranched alkanes of at least 4 members (excludes halogenated alkanes) is 2. The molecule has 2 heteroatoms. The first-order valence-electron chi connectivity index (χ1n) is 5.97. The van der Waals surface area contributed by atoms with Crippen LogP contribution in [0.1, 0.15) is 26.2 Å². The molecule has 0 heterocycles. The maximum atomic E-state index is 2.46. The van der Waals surface area contributed by atoms with Crippen LogP contribution in [-0.4, -0.2) is 19.9 Å². The molecule has 1 aromatic carbocycles. The van der Waals surface area contributed by atoms with E-state index in [0.717, 1.165) is 0 Å². The number of benzene rings is 1. The summed E-state index contributed by atoms with van der Waals surface area (Å²) in [7, 11) is -0.649. The van der Waals surface area contributed by atoms with Gasteiger partial charge in [-0.2, -0.15) is 11.8 Å². The van der Waals surface area contributed by atoms with Crippen molar-refractivity contribution < 1.29 is 0 Å². The van der Waals surface area contributed by atoms with Crippen molar-refractivity contribution in [2.75, 3.05) is 11.1 Å². The molecule has 0 nitrogen and oxygen atoms in total. The SMILES string of the molecule is CCCCCSC[SiH](C)c1ccccc1. The predicted octanol–water partition coefficient (Wildman–Crippen LogP) is 3.21. The van der Waals surface area contributed by atoms with Gasteiger partial charge in [-0.25, -0.2) is 0 Å². The van der Waals surface area contributed by atoms with E-state index in [1.807, 2.05) is 0 Å². The third-order valence-electron chi connectivity index (χ3n) is 2.63. The average Bonchev–Trinajstić information content (AvgIpc) is 2.30. The second-order valence-electron chi connectivity index (χ2n) is 4.09. The minimum absolute atomic E-state index is 0.649. The molecule has 0 amide bonds. The molecule has 0 spiro atoms. The Hall–Kier alpha value is -0.213. The molecule has 0 aliphatic carbocycles. The fourth-order valence-electron chi connectivity index (χ4n) is 1.59. The van der Waals surface area contributed by atoms with Crippen LogP contribution in [0.5, 0.6) is 0 Å². The average molecular weight is 238 g/mol. The monoisotopic (exact) mass is 238 g/mol. The lowest BCUT2D eigenvalue weighted by molar-refractivity contribution is 0.779. The molecule has 0 bridgehead atoms. The van der Waals surface area contributed by atoms with E-state index in [9.17, 15) is 0 Å². The van der Waals surface area contributed by atoms with Crippen molar-refractivity contribution in [1.29, 1.82) is 0 Å². The Bertz CT molecular complexity index is 248. The molecule has 0 aliphatic rings. The molecule has 0 saturated heterocycles. The Morgan fingerprint density at radius 2 is 1.87 bits per heavy atom. The highest BCUT2D eigenvalue weighted by Crippen LogP contribution is 2.07. The minimum atomic E-state index is -0.649. The highest BCUT2D eigenvalue weighted by Gasteiger charge is 2.05. The summed E-state index contributed by atoms with van der Waals surface area (Å²) in [6, 6.07) is 11.0. The summed E-state index contributed by atoms with van der Waals surface area (Å²) in [4.78, 5) is 0. The number of hydrogen-bond donors (Lipinski definition) is 0. The number of rotatable bonds is 7. The van der Waals surface area contributed by atoms with Gasteiger partial charge in [-0.15, -0.1) is 0 Å². The normalized spacial score (nSPS) is 12.7. The van der Waals surface area contributed by atoms with E-state index in [0.29, 0.717) is 0 Å². The van der Waals surface area contributed by atoms with Crippen molar-refractivity contribution in [2.24, 2.45) is 0 Å². The van der Waals surface area contributed by atoms with E-state index in [-0.39, 0.29) is 0 Å². The Morgan fingerprint density at radius 3 is 2.53 bits per heavy atom. The molecule has 0 saturated carbocycles. The fourth-order valence-corrected chi connectivity index (χ4v) is 5.73. The molecule has 0 N–H and O–H groups in total. The van der Waals surface area contributed by atoms with Crippen molar-refractivity contribution in [2.45, 2.75) is 32.7 Å². The third kappa shape index (κ3) is 5.43. The van der Waals surface area contributed by atoms with Crippen LogP contribution in [0, 0.1) is 0 Å². The summed E-state index contributed by atoms with van der Waals surface area (Å²) in [5, 5.41) is 3.01. The van der Waals surface area contributed by atoms with Crippen molar-refractivity contribution in [3.8, 4) is 0 Å². The Morgan fingerprint density at radius 1 is 1.13 bits per heavy atom. The molecule has 15 heavy (non-hydrogen) atoms. The molecule has 1 aromatic rings.